The molecule has 1 aromatic carbocycles. The van der Waals surface area contributed by atoms with Gasteiger partial charge in [0.2, 0.25) is 0 Å². The lowest BCUT2D eigenvalue weighted by molar-refractivity contribution is 0.0597. The standard InChI is InChI=1S/C17H17NO3/c1-2-20-17(19)18-9-7-13-14(8-10-18)16-12-6-4-3-5-11(12)15(13)21-16/h3-10,13-16H,2H2,1H3. The van der Waals surface area contributed by atoms with Crippen molar-refractivity contribution >= 4 is 6.09 Å². The molecular formula is C17H17NO3. The van der Waals surface area contributed by atoms with Gasteiger partial charge in [0.15, 0.2) is 0 Å². The van der Waals surface area contributed by atoms with Crippen LogP contribution in [0.1, 0.15) is 30.3 Å². The van der Waals surface area contributed by atoms with Crippen molar-refractivity contribution in [3.05, 3.63) is 59.9 Å². The van der Waals surface area contributed by atoms with Gasteiger partial charge in [-0.15, -0.1) is 0 Å². The maximum atomic E-state index is 11.8. The Kier molecular flexibility index (Phi) is 2.86. The monoisotopic (exact) mass is 283 g/mol. The molecule has 4 rings (SSSR count). The van der Waals surface area contributed by atoms with Crippen molar-refractivity contribution in [1.29, 1.82) is 0 Å². The summed E-state index contributed by atoms with van der Waals surface area (Å²) in [6, 6.07) is 8.39. The summed E-state index contributed by atoms with van der Waals surface area (Å²) in [5.74, 6) is 0.557. The molecule has 1 saturated heterocycles. The van der Waals surface area contributed by atoms with Crippen LogP contribution in [0.4, 0.5) is 4.79 Å². The van der Waals surface area contributed by atoms with E-state index in [0.29, 0.717) is 6.61 Å². The minimum Gasteiger partial charge on any atom is -0.449 e. The quantitative estimate of drug-likeness (QED) is 0.791. The van der Waals surface area contributed by atoms with Crippen LogP contribution in [0.2, 0.25) is 0 Å². The number of benzene rings is 1. The van der Waals surface area contributed by atoms with Crippen molar-refractivity contribution in [2.45, 2.75) is 19.1 Å². The Morgan fingerprint density at radius 1 is 1.14 bits per heavy atom. The molecule has 21 heavy (non-hydrogen) atoms. The van der Waals surface area contributed by atoms with E-state index in [4.69, 9.17) is 9.47 Å². The minimum absolute atomic E-state index is 0.0965. The number of hydrogen-bond acceptors (Lipinski definition) is 3. The van der Waals surface area contributed by atoms with Gasteiger partial charge >= 0.3 is 6.09 Å². The molecule has 0 saturated carbocycles. The van der Waals surface area contributed by atoms with Crippen molar-refractivity contribution in [1.82, 2.24) is 4.90 Å². The van der Waals surface area contributed by atoms with Crippen LogP contribution in [0.5, 0.6) is 0 Å². The average Bonchev–Trinajstić information content (AvgIpc) is 2.96. The molecule has 2 bridgehead atoms. The van der Waals surface area contributed by atoms with Crippen LogP contribution >= 0.6 is 0 Å². The van der Waals surface area contributed by atoms with Crippen molar-refractivity contribution in [3.63, 3.8) is 0 Å². The third-order valence-corrected chi connectivity index (χ3v) is 4.46. The first-order valence-electron chi connectivity index (χ1n) is 7.35. The minimum atomic E-state index is -0.337. The molecule has 1 aromatic rings. The van der Waals surface area contributed by atoms with Crippen LogP contribution in [-0.2, 0) is 9.47 Å². The Morgan fingerprint density at radius 2 is 1.71 bits per heavy atom. The Hall–Kier alpha value is -2.07. The fourth-order valence-corrected chi connectivity index (χ4v) is 3.55. The third-order valence-electron chi connectivity index (χ3n) is 4.46. The largest absolute Gasteiger partial charge is 0.449 e. The van der Waals surface area contributed by atoms with Gasteiger partial charge in [0.25, 0.3) is 0 Å². The normalized spacial score (nSPS) is 31.8. The number of amides is 1. The Balaban J connectivity index is 1.65. The van der Waals surface area contributed by atoms with Gasteiger partial charge in [-0.2, -0.15) is 0 Å². The van der Waals surface area contributed by atoms with Crippen molar-refractivity contribution in [2.24, 2.45) is 11.8 Å². The predicted molar refractivity (Wildman–Crippen MR) is 77.1 cm³/mol. The second kappa shape index (κ2) is 4.74. The van der Waals surface area contributed by atoms with E-state index >= 15 is 0 Å². The molecule has 1 fully saturated rings. The fourth-order valence-electron chi connectivity index (χ4n) is 3.55. The van der Waals surface area contributed by atoms with Crippen LogP contribution in [0.15, 0.2) is 48.8 Å². The summed E-state index contributed by atoms with van der Waals surface area (Å²) in [5, 5.41) is 0. The fraction of sp³-hybridized carbons (Fsp3) is 0.353. The second-order valence-corrected chi connectivity index (χ2v) is 5.55. The van der Waals surface area contributed by atoms with Gasteiger partial charge in [0, 0.05) is 24.2 Å². The smallest absolute Gasteiger partial charge is 0.417 e. The summed E-state index contributed by atoms with van der Waals surface area (Å²) in [5.41, 5.74) is 2.57. The highest BCUT2D eigenvalue weighted by Crippen LogP contribution is 2.58. The van der Waals surface area contributed by atoms with E-state index in [1.807, 2.05) is 6.92 Å². The summed E-state index contributed by atoms with van der Waals surface area (Å²) in [6.45, 7) is 2.19. The van der Waals surface area contributed by atoms with E-state index in [0.717, 1.165) is 0 Å². The lowest BCUT2D eigenvalue weighted by Crippen LogP contribution is -2.20. The zero-order valence-electron chi connectivity index (χ0n) is 11.8. The van der Waals surface area contributed by atoms with Gasteiger partial charge in [0.1, 0.15) is 0 Å². The van der Waals surface area contributed by atoms with E-state index in [1.165, 1.54) is 16.0 Å². The highest BCUT2D eigenvalue weighted by molar-refractivity contribution is 5.70. The van der Waals surface area contributed by atoms with Crippen LogP contribution in [0.25, 0.3) is 0 Å². The molecule has 0 aliphatic carbocycles. The summed E-state index contributed by atoms with van der Waals surface area (Å²) in [6.07, 6.45) is 7.59. The Bertz CT molecular complexity index is 592. The number of hydrogen-bond donors (Lipinski definition) is 0. The van der Waals surface area contributed by atoms with E-state index in [-0.39, 0.29) is 30.1 Å². The topological polar surface area (TPSA) is 38.8 Å². The zero-order valence-corrected chi connectivity index (χ0v) is 11.8. The van der Waals surface area contributed by atoms with Gasteiger partial charge in [-0.1, -0.05) is 36.4 Å². The summed E-state index contributed by atoms with van der Waals surface area (Å²) in [4.78, 5) is 13.3. The van der Waals surface area contributed by atoms with Gasteiger partial charge in [-0.3, -0.25) is 4.90 Å². The molecule has 4 unspecified atom stereocenters. The maximum Gasteiger partial charge on any atom is 0.417 e. The third kappa shape index (κ3) is 1.83. The van der Waals surface area contributed by atoms with E-state index in [9.17, 15) is 4.79 Å². The van der Waals surface area contributed by atoms with Crippen molar-refractivity contribution < 1.29 is 14.3 Å². The number of carbonyl (C=O) groups is 1. The SMILES string of the molecule is CCOC(=O)N1C=CC2C3OC(c4ccccc43)C2C=C1. The lowest BCUT2D eigenvalue weighted by atomic mass is 9.76. The summed E-state index contributed by atoms with van der Waals surface area (Å²) >= 11 is 0. The number of fused-ring (bicyclic) bond motifs is 8. The first-order valence-corrected chi connectivity index (χ1v) is 7.35. The van der Waals surface area contributed by atoms with E-state index < -0.39 is 0 Å². The Labute approximate surface area is 123 Å². The van der Waals surface area contributed by atoms with Crippen molar-refractivity contribution in [3.8, 4) is 0 Å². The first-order chi connectivity index (χ1) is 10.3. The molecule has 3 aliphatic rings. The van der Waals surface area contributed by atoms with Gasteiger partial charge < -0.3 is 9.47 Å². The van der Waals surface area contributed by atoms with Gasteiger partial charge in [-0.25, -0.2) is 4.79 Å². The first kappa shape index (κ1) is 12.7. The van der Waals surface area contributed by atoms with E-state index in [2.05, 4.69) is 36.4 Å². The molecule has 0 N–H and O–H groups in total. The van der Waals surface area contributed by atoms with Gasteiger partial charge in [-0.05, 0) is 18.1 Å². The number of rotatable bonds is 1. The van der Waals surface area contributed by atoms with E-state index in [1.54, 1.807) is 12.4 Å². The number of nitrogens with zero attached hydrogens (tertiary/aromatic N) is 1. The molecule has 1 amide bonds. The average molecular weight is 283 g/mol. The summed E-state index contributed by atoms with van der Waals surface area (Å²) in [7, 11) is 0. The molecule has 4 nitrogen and oxygen atoms in total. The summed E-state index contributed by atoms with van der Waals surface area (Å²) < 4.78 is 11.2. The number of ether oxygens (including phenoxy) is 2. The Morgan fingerprint density at radius 3 is 2.24 bits per heavy atom. The lowest BCUT2D eigenvalue weighted by Gasteiger charge is -2.24. The molecule has 0 radical (unpaired) electrons. The van der Waals surface area contributed by atoms with Crippen LogP contribution in [0, 0.1) is 11.8 Å². The highest BCUT2D eigenvalue weighted by Gasteiger charge is 2.50. The molecule has 4 atom stereocenters. The molecule has 4 heteroatoms. The number of carbonyl (C=O) groups excluding carboxylic acids is 1. The van der Waals surface area contributed by atoms with Crippen LogP contribution in [-0.4, -0.2) is 17.6 Å². The van der Waals surface area contributed by atoms with Crippen LogP contribution in [0.3, 0.4) is 0 Å². The molecular weight excluding hydrogens is 266 g/mol. The van der Waals surface area contributed by atoms with Crippen molar-refractivity contribution in [2.75, 3.05) is 6.61 Å². The predicted octanol–water partition coefficient (Wildman–Crippen LogP) is 3.54. The zero-order chi connectivity index (χ0) is 14.4. The molecule has 0 aromatic heterocycles. The molecule has 0 spiro atoms. The highest BCUT2D eigenvalue weighted by atomic mass is 16.6. The van der Waals surface area contributed by atoms with Crippen LogP contribution < -0.4 is 0 Å². The second-order valence-electron chi connectivity index (χ2n) is 5.55. The molecule has 3 aliphatic heterocycles. The maximum absolute atomic E-state index is 11.8. The molecule has 108 valence electrons. The van der Waals surface area contributed by atoms with Gasteiger partial charge in [0.05, 0.1) is 18.8 Å². The molecule has 3 heterocycles.